The Labute approximate surface area is 138 Å². The van der Waals surface area contributed by atoms with E-state index in [0.717, 1.165) is 5.39 Å². The molecule has 0 saturated heterocycles. The third kappa shape index (κ3) is 3.49. The lowest BCUT2D eigenvalue weighted by Crippen LogP contribution is -2.02. The summed E-state index contributed by atoms with van der Waals surface area (Å²) in [6.45, 7) is 0. The molecular weight excluding hydrogens is 318 g/mol. The molecule has 0 unspecified atom stereocenters. The summed E-state index contributed by atoms with van der Waals surface area (Å²) >= 11 is 0. The number of hydrogen-bond donors (Lipinski definition) is 2. The average molecular weight is 332 g/mol. The Balaban J connectivity index is 0.00000192. The molecule has 2 N–H and O–H groups in total. The van der Waals surface area contributed by atoms with Gasteiger partial charge in [0.05, 0.1) is 18.2 Å². The van der Waals surface area contributed by atoms with Gasteiger partial charge in [0.2, 0.25) is 0 Å². The van der Waals surface area contributed by atoms with Crippen LogP contribution in [0.5, 0.6) is 5.75 Å². The number of phenolic OH excluding ortho intramolecular Hbond substituents is 1. The second-order valence-corrected chi connectivity index (χ2v) is 4.62. The fraction of sp³-hybridized carbons (Fsp3) is 0.0625. The SMILES string of the molecule is COC(=O)c1ccc2c(Nc3cccc(O)c3)ncnc2c1.Cl. The predicted octanol–water partition coefficient (Wildman–Crippen LogP) is 3.29. The predicted molar refractivity (Wildman–Crippen MR) is 89.5 cm³/mol. The first kappa shape index (κ1) is 16.5. The number of nitrogens with zero attached hydrogens (tertiary/aromatic N) is 2. The number of carbonyl (C=O) groups excluding carboxylic acids is 1. The molecule has 0 atom stereocenters. The van der Waals surface area contributed by atoms with Gasteiger partial charge in [-0.2, -0.15) is 0 Å². The number of ether oxygens (including phenoxy) is 1. The van der Waals surface area contributed by atoms with Crippen LogP contribution in [0.1, 0.15) is 10.4 Å². The van der Waals surface area contributed by atoms with Crippen molar-refractivity contribution in [3.05, 3.63) is 54.4 Å². The molecule has 3 rings (SSSR count). The van der Waals surface area contributed by atoms with E-state index in [2.05, 4.69) is 15.3 Å². The van der Waals surface area contributed by atoms with Gasteiger partial charge in [0.1, 0.15) is 17.9 Å². The molecule has 0 aliphatic heterocycles. The van der Waals surface area contributed by atoms with Crippen molar-refractivity contribution in [1.29, 1.82) is 0 Å². The minimum Gasteiger partial charge on any atom is -0.508 e. The quantitative estimate of drug-likeness (QED) is 0.716. The Hall–Kier alpha value is -2.86. The number of esters is 1. The Bertz CT molecular complexity index is 855. The molecule has 6 nitrogen and oxygen atoms in total. The van der Waals surface area contributed by atoms with Crippen LogP contribution in [0.2, 0.25) is 0 Å². The normalized spacial score (nSPS) is 9.96. The number of methoxy groups -OCH3 is 1. The van der Waals surface area contributed by atoms with Crippen LogP contribution in [0.3, 0.4) is 0 Å². The molecule has 23 heavy (non-hydrogen) atoms. The minimum atomic E-state index is -0.414. The molecule has 0 saturated carbocycles. The van der Waals surface area contributed by atoms with Crippen LogP contribution in [0.15, 0.2) is 48.8 Å². The van der Waals surface area contributed by atoms with E-state index in [9.17, 15) is 9.90 Å². The van der Waals surface area contributed by atoms with Crippen LogP contribution < -0.4 is 5.32 Å². The van der Waals surface area contributed by atoms with Crippen molar-refractivity contribution in [3.63, 3.8) is 0 Å². The first-order chi connectivity index (χ1) is 10.7. The van der Waals surface area contributed by atoms with Gasteiger partial charge in [0.15, 0.2) is 0 Å². The fourth-order valence-corrected chi connectivity index (χ4v) is 2.12. The summed E-state index contributed by atoms with van der Waals surface area (Å²) in [5.41, 5.74) is 1.76. The van der Waals surface area contributed by atoms with Crippen molar-refractivity contribution in [2.24, 2.45) is 0 Å². The summed E-state index contributed by atoms with van der Waals surface area (Å²) in [5, 5.41) is 13.4. The lowest BCUT2D eigenvalue weighted by atomic mass is 10.1. The van der Waals surface area contributed by atoms with Gasteiger partial charge in [-0.05, 0) is 30.3 Å². The number of aromatic nitrogens is 2. The molecule has 118 valence electrons. The summed E-state index contributed by atoms with van der Waals surface area (Å²) in [4.78, 5) is 19.9. The van der Waals surface area contributed by atoms with Gasteiger partial charge in [-0.15, -0.1) is 12.4 Å². The molecule has 0 spiro atoms. The number of aromatic hydroxyl groups is 1. The zero-order chi connectivity index (χ0) is 15.5. The lowest BCUT2D eigenvalue weighted by Gasteiger charge is -2.09. The Morgan fingerprint density at radius 2 is 2.00 bits per heavy atom. The second-order valence-electron chi connectivity index (χ2n) is 4.62. The van der Waals surface area contributed by atoms with E-state index in [-0.39, 0.29) is 18.2 Å². The van der Waals surface area contributed by atoms with E-state index in [1.807, 2.05) is 6.07 Å². The van der Waals surface area contributed by atoms with E-state index in [4.69, 9.17) is 4.74 Å². The Morgan fingerprint density at radius 1 is 1.17 bits per heavy atom. The van der Waals surface area contributed by atoms with Gasteiger partial charge in [-0.3, -0.25) is 0 Å². The molecule has 2 aromatic carbocycles. The van der Waals surface area contributed by atoms with E-state index >= 15 is 0 Å². The number of hydrogen-bond acceptors (Lipinski definition) is 6. The van der Waals surface area contributed by atoms with E-state index in [0.29, 0.717) is 22.6 Å². The smallest absolute Gasteiger partial charge is 0.337 e. The number of fused-ring (bicyclic) bond motifs is 1. The van der Waals surface area contributed by atoms with Crippen LogP contribution in [-0.4, -0.2) is 28.2 Å². The molecule has 0 aliphatic rings. The second kappa shape index (κ2) is 6.93. The average Bonchev–Trinajstić information content (AvgIpc) is 2.54. The van der Waals surface area contributed by atoms with Crippen molar-refractivity contribution in [2.45, 2.75) is 0 Å². The molecule has 1 aromatic heterocycles. The van der Waals surface area contributed by atoms with Crippen molar-refractivity contribution in [2.75, 3.05) is 12.4 Å². The van der Waals surface area contributed by atoms with Gasteiger partial charge < -0.3 is 15.2 Å². The largest absolute Gasteiger partial charge is 0.508 e. The summed E-state index contributed by atoms with van der Waals surface area (Å²) in [6.07, 6.45) is 1.41. The van der Waals surface area contributed by atoms with E-state index in [1.54, 1.807) is 36.4 Å². The van der Waals surface area contributed by atoms with Crippen LogP contribution in [0.4, 0.5) is 11.5 Å². The molecule has 7 heteroatoms. The maximum absolute atomic E-state index is 11.6. The number of benzene rings is 2. The highest BCUT2D eigenvalue weighted by Gasteiger charge is 2.09. The van der Waals surface area contributed by atoms with Crippen LogP contribution in [0.25, 0.3) is 10.9 Å². The van der Waals surface area contributed by atoms with Crippen molar-refractivity contribution in [1.82, 2.24) is 9.97 Å². The number of phenols is 1. The number of carbonyl (C=O) groups is 1. The van der Waals surface area contributed by atoms with Crippen LogP contribution in [0, 0.1) is 0 Å². The molecule has 0 aliphatic carbocycles. The fourth-order valence-electron chi connectivity index (χ4n) is 2.12. The van der Waals surface area contributed by atoms with Crippen molar-refractivity contribution >= 4 is 40.8 Å². The molecule has 1 heterocycles. The van der Waals surface area contributed by atoms with Gasteiger partial charge in [-0.25, -0.2) is 14.8 Å². The van der Waals surface area contributed by atoms with Gasteiger partial charge in [-0.1, -0.05) is 6.07 Å². The van der Waals surface area contributed by atoms with Gasteiger partial charge >= 0.3 is 5.97 Å². The van der Waals surface area contributed by atoms with Crippen molar-refractivity contribution < 1.29 is 14.6 Å². The molecule has 0 amide bonds. The standard InChI is InChI=1S/C16H13N3O3.ClH/c1-22-16(21)10-5-6-13-14(7-10)17-9-18-15(13)19-11-3-2-4-12(20)8-11;/h2-9,20H,1H3,(H,17,18,19);1H. The first-order valence-electron chi connectivity index (χ1n) is 6.56. The monoisotopic (exact) mass is 331 g/mol. The third-order valence-corrected chi connectivity index (χ3v) is 3.17. The van der Waals surface area contributed by atoms with Gasteiger partial charge in [0, 0.05) is 17.1 Å². The highest BCUT2D eigenvalue weighted by molar-refractivity contribution is 5.97. The van der Waals surface area contributed by atoms with E-state index in [1.165, 1.54) is 13.4 Å². The highest BCUT2D eigenvalue weighted by atomic mass is 35.5. The summed E-state index contributed by atoms with van der Waals surface area (Å²) in [5.74, 6) is 0.339. The topological polar surface area (TPSA) is 84.3 Å². The zero-order valence-corrected chi connectivity index (χ0v) is 13.0. The lowest BCUT2D eigenvalue weighted by molar-refractivity contribution is 0.0601. The van der Waals surface area contributed by atoms with E-state index < -0.39 is 5.97 Å². The molecular formula is C16H14ClN3O3. The summed E-state index contributed by atoms with van der Waals surface area (Å²) in [7, 11) is 1.33. The number of anilines is 2. The maximum Gasteiger partial charge on any atom is 0.337 e. The van der Waals surface area contributed by atoms with Crippen molar-refractivity contribution in [3.8, 4) is 5.75 Å². The first-order valence-corrected chi connectivity index (χ1v) is 6.56. The molecule has 3 aromatic rings. The highest BCUT2D eigenvalue weighted by Crippen LogP contribution is 2.25. The maximum atomic E-state index is 11.6. The molecule has 0 radical (unpaired) electrons. The third-order valence-electron chi connectivity index (χ3n) is 3.17. The molecule has 0 fully saturated rings. The number of halogens is 1. The van der Waals surface area contributed by atoms with Crippen LogP contribution in [-0.2, 0) is 4.74 Å². The zero-order valence-electron chi connectivity index (χ0n) is 12.2. The minimum absolute atomic E-state index is 0. The Kier molecular flexibility index (Phi) is 4.98. The Morgan fingerprint density at radius 3 is 2.74 bits per heavy atom. The van der Waals surface area contributed by atoms with Crippen LogP contribution >= 0.6 is 12.4 Å². The molecule has 0 bridgehead atoms. The summed E-state index contributed by atoms with van der Waals surface area (Å²) < 4.78 is 4.70. The number of nitrogens with one attached hydrogen (secondary N) is 1. The van der Waals surface area contributed by atoms with Gasteiger partial charge in [0.25, 0.3) is 0 Å². The number of rotatable bonds is 3. The summed E-state index contributed by atoms with van der Waals surface area (Å²) in [6, 6.07) is 11.8.